The van der Waals surface area contributed by atoms with Crippen LogP contribution in [0.4, 0.5) is 0 Å². The van der Waals surface area contributed by atoms with E-state index in [1.807, 2.05) is 24.3 Å². The molecule has 2 N–H and O–H groups in total. The van der Waals surface area contributed by atoms with Crippen molar-refractivity contribution < 1.29 is 14.7 Å². The zero-order valence-electron chi connectivity index (χ0n) is 10.1. The second kappa shape index (κ2) is 7.16. The second-order valence-corrected chi connectivity index (χ2v) is 5.13. The first-order valence-corrected chi connectivity index (χ1v) is 6.50. The van der Waals surface area contributed by atoms with Crippen molar-refractivity contribution in [2.45, 2.75) is 19.8 Å². The van der Waals surface area contributed by atoms with Crippen LogP contribution in [-0.4, -0.2) is 23.5 Å². The van der Waals surface area contributed by atoms with Crippen molar-refractivity contribution in [1.82, 2.24) is 5.32 Å². The van der Waals surface area contributed by atoms with Crippen LogP contribution in [0, 0.1) is 5.92 Å². The van der Waals surface area contributed by atoms with Gasteiger partial charge in [0.2, 0.25) is 5.91 Å². The Morgan fingerprint density at radius 1 is 1.39 bits per heavy atom. The highest BCUT2D eigenvalue weighted by atomic mass is 79.9. The number of aliphatic carboxylic acids is 1. The topological polar surface area (TPSA) is 66.4 Å². The molecule has 0 radical (unpaired) electrons. The quantitative estimate of drug-likeness (QED) is 0.846. The van der Waals surface area contributed by atoms with Gasteiger partial charge in [-0.25, -0.2) is 0 Å². The number of carboxylic acids is 1. The summed E-state index contributed by atoms with van der Waals surface area (Å²) < 4.78 is 0.902. The first-order chi connectivity index (χ1) is 8.49. The smallest absolute Gasteiger partial charge is 0.303 e. The van der Waals surface area contributed by atoms with Gasteiger partial charge < -0.3 is 10.4 Å². The molecule has 1 aromatic rings. The zero-order valence-corrected chi connectivity index (χ0v) is 11.7. The van der Waals surface area contributed by atoms with Crippen LogP contribution in [0.3, 0.4) is 0 Å². The Labute approximate surface area is 115 Å². The van der Waals surface area contributed by atoms with Gasteiger partial charge in [-0.05, 0) is 17.5 Å². The number of nitrogens with one attached hydrogen (secondary N) is 1. The first-order valence-electron chi connectivity index (χ1n) is 5.71. The summed E-state index contributed by atoms with van der Waals surface area (Å²) in [7, 11) is 0. The number of rotatable bonds is 6. The molecular formula is C13H16BrNO3. The Morgan fingerprint density at radius 2 is 2.06 bits per heavy atom. The summed E-state index contributed by atoms with van der Waals surface area (Å²) in [6.07, 6.45) is 0.358. The molecule has 4 nitrogen and oxygen atoms in total. The average molecular weight is 314 g/mol. The van der Waals surface area contributed by atoms with E-state index in [1.165, 1.54) is 0 Å². The molecule has 98 valence electrons. The molecule has 1 unspecified atom stereocenters. The van der Waals surface area contributed by atoms with Crippen LogP contribution in [0.25, 0.3) is 0 Å². The van der Waals surface area contributed by atoms with Gasteiger partial charge in [-0.15, -0.1) is 0 Å². The van der Waals surface area contributed by atoms with Crippen LogP contribution in [0.2, 0.25) is 0 Å². The molecule has 1 atom stereocenters. The largest absolute Gasteiger partial charge is 0.481 e. The minimum atomic E-state index is -0.845. The summed E-state index contributed by atoms with van der Waals surface area (Å²) in [5, 5.41) is 11.3. The standard InChI is InChI=1S/C13H16BrNO3/c1-9(6-13(17)18)8-15-12(16)7-10-4-2-3-5-11(10)14/h2-5,9H,6-8H2,1H3,(H,15,16)(H,17,18). The molecular weight excluding hydrogens is 298 g/mol. The molecule has 0 aromatic heterocycles. The number of benzene rings is 1. The average Bonchev–Trinajstić information content (AvgIpc) is 2.29. The fraction of sp³-hybridized carbons (Fsp3) is 0.385. The van der Waals surface area contributed by atoms with E-state index in [2.05, 4.69) is 21.2 Å². The Hall–Kier alpha value is -1.36. The fourth-order valence-corrected chi connectivity index (χ4v) is 1.96. The van der Waals surface area contributed by atoms with Crippen LogP contribution >= 0.6 is 15.9 Å². The van der Waals surface area contributed by atoms with Gasteiger partial charge in [-0.1, -0.05) is 41.1 Å². The first kappa shape index (κ1) is 14.7. The Kier molecular flexibility index (Phi) is 5.85. The van der Waals surface area contributed by atoms with E-state index in [1.54, 1.807) is 6.92 Å². The van der Waals surface area contributed by atoms with Crippen molar-refractivity contribution in [2.24, 2.45) is 5.92 Å². The van der Waals surface area contributed by atoms with Gasteiger partial charge in [0.1, 0.15) is 0 Å². The summed E-state index contributed by atoms with van der Waals surface area (Å²) >= 11 is 3.38. The molecule has 0 bridgehead atoms. The molecule has 1 rings (SSSR count). The lowest BCUT2D eigenvalue weighted by atomic mass is 10.1. The zero-order chi connectivity index (χ0) is 13.5. The minimum Gasteiger partial charge on any atom is -0.481 e. The van der Waals surface area contributed by atoms with Gasteiger partial charge >= 0.3 is 5.97 Å². The molecule has 0 aliphatic heterocycles. The maximum Gasteiger partial charge on any atom is 0.303 e. The molecule has 0 aliphatic rings. The lowest BCUT2D eigenvalue weighted by Gasteiger charge is -2.10. The highest BCUT2D eigenvalue weighted by Gasteiger charge is 2.10. The summed E-state index contributed by atoms with van der Waals surface area (Å²) in [5.41, 5.74) is 0.917. The van der Waals surface area contributed by atoms with Crippen molar-refractivity contribution in [3.05, 3.63) is 34.3 Å². The van der Waals surface area contributed by atoms with E-state index in [0.29, 0.717) is 13.0 Å². The highest BCUT2D eigenvalue weighted by molar-refractivity contribution is 9.10. The number of amides is 1. The molecule has 0 saturated heterocycles. The third kappa shape index (κ3) is 5.31. The van der Waals surface area contributed by atoms with Crippen molar-refractivity contribution in [1.29, 1.82) is 0 Å². The molecule has 1 amide bonds. The van der Waals surface area contributed by atoms with Crippen LogP contribution in [-0.2, 0) is 16.0 Å². The summed E-state index contributed by atoms with van der Waals surface area (Å²) in [5.74, 6) is -1.01. The van der Waals surface area contributed by atoms with Gasteiger partial charge in [0.05, 0.1) is 6.42 Å². The van der Waals surface area contributed by atoms with E-state index >= 15 is 0 Å². The van der Waals surface area contributed by atoms with Gasteiger partial charge in [-0.3, -0.25) is 9.59 Å². The Morgan fingerprint density at radius 3 is 2.67 bits per heavy atom. The van der Waals surface area contributed by atoms with Crippen LogP contribution in [0.15, 0.2) is 28.7 Å². The van der Waals surface area contributed by atoms with Crippen molar-refractivity contribution >= 4 is 27.8 Å². The molecule has 0 fully saturated rings. The third-order valence-corrected chi connectivity index (χ3v) is 3.25. The van der Waals surface area contributed by atoms with Gasteiger partial charge in [0.15, 0.2) is 0 Å². The van der Waals surface area contributed by atoms with Crippen molar-refractivity contribution in [2.75, 3.05) is 6.54 Å². The molecule has 0 aliphatic carbocycles. The SMILES string of the molecule is CC(CNC(=O)Cc1ccccc1Br)CC(=O)O. The number of carboxylic acid groups (broad SMARTS) is 1. The lowest BCUT2D eigenvalue weighted by molar-refractivity contribution is -0.138. The van der Waals surface area contributed by atoms with Gasteiger partial charge in [0, 0.05) is 17.4 Å². The van der Waals surface area contributed by atoms with Gasteiger partial charge in [-0.2, -0.15) is 0 Å². The number of hydrogen-bond acceptors (Lipinski definition) is 2. The number of carbonyl (C=O) groups excluding carboxylic acids is 1. The maximum atomic E-state index is 11.7. The number of hydrogen-bond donors (Lipinski definition) is 2. The molecule has 5 heteroatoms. The fourth-order valence-electron chi connectivity index (χ4n) is 1.54. The van der Waals surface area contributed by atoms with Crippen molar-refractivity contribution in [3.8, 4) is 0 Å². The Bertz CT molecular complexity index is 434. The third-order valence-electron chi connectivity index (χ3n) is 2.48. The molecule has 0 saturated carbocycles. The van der Waals surface area contributed by atoms with E-state index in [9.17, 15) is 9.59 Å². The lowest BCUT2D eigenvalue weighted by Crippen LogP contribution is -2.30. The normalized spacial score (nSPS) is 11.9. The van der Waals surface area contributed by atoms with Gasteiger partial charge in [0.25, 0.3) is 0 Å². The van der Waals surface area contributed by atoms with E-state index in [-0.39, 0.29) is 18.2 Å². The predicted octanol–water partition coefficient (Wildman–Crippen LogP) is 2.22. The van der Waals surface area contributed by atoms with E-state index in [0.717, 1.165) is 10.0 Å². The predicted molar refractivity (Wildman–Crippen MR) is 72.3 cm³/mol. The van der Waals surface area contributed by atoms with Crippen molar-refractivity contribution in [3.63, 3.8) is 0 Å². The monoisotopic (exact) mass is 313 g/mol. The maximum absolute atomic E-state index is 11.7. The van der Waals surface area contributed by atoms with Crippen LogP contribution in [0.1, 0.15) is 18.9 Å². The molecule has 0 heterocycles. The molecule has 1 aromatic carbocycles. The van der Waals surface area contributed by atoms with E-state index < -0.39 is 5.97 Å². The molecule has 0 spiro atoms. The minimum absolute atomic E-state index is 0.0642. The Balaban J connectivity index is 2.39. The van der Waals surface area contributed by atoms with E-state index in [4.69, 9.17) is 5.11 Å². The summed E-state index contributed by atoms with van der Waals surface area (Å²) in [6.45, 7) is 2.18. The van der Waals surface area contributed by atoms with Crippen LogP contribution in [0.5, 0.6) is 0 Å². The summed E-state index contributed by atoms with van der Waals surface area (Å²) in [4.78, 5) is 22.1. The number of carbonyl (C=O) groups is 2. The highest BCUT2D eigenvalue weighted by Crippen LogP contribution is 2.16. The molecule has 18 heavy (non-hydrogen) atoms. The second-order valence-electron chi connectivity index (χ2n) is 4.28. The van der Waals surface area contributed by atoms with Crippen LogP contribution < -0.4 is 5.32 Å². The summed E-state index contributed by atoms with van der Waals surface area (Å²) in [6, 6.07) is 7.53. The number of halogens is 1.